The van der Waals surface area contributed by atoms with Crippen LogP contribution in [-0.4, -0.2) is 29.6 Å². The first kappa shape index (κ1) is 16.3. The molecule has 0 amide bonds. The summed E-state index contributed by atoms with van der Waals surface area (Å²) in [5.74, 6) is 0.0948. The number of hydrogen-bond acceptors (Lipinski definition) is 3. The van der Waals surface area contributed by atoms with Gasteiger partial charge in [-0.1, -0.05) is 23.7 Å². The number of nitrogens with one attached hydrogen (secondary N) is 1. The van der Waals surface area contributed by atoms with Gasteiger partial charge in [0, 0.05) is 11.6 Å². The standard InChI is InChI=1S/C17H19ClN2O2S/c1-10-3-4-12(9-13(10)18)15(11-5-6-11)20-14(16(21)22-2)7-8-19-17(20)23/h3-4,7,9,11,15H,5-6,8H2,1-2H3,(H,19,23). The smallest absolute Gasteiger partial charge is 0.354 e. The molecule has 1 saturated carbocycles. The Kier molecular flexibility index (Phi) is 4.60. The van der Waals surface area contributed by atoms with E-state index in [1.165, 1.54) is 7.11 Å². The lowest BCUT2D eigenvalue weighted by Crippen LogP contribution is -2.47. The van der Waals surface area contributed by atoms with Crippen LogP contribution in [0.4, 0.5) is 0 Å². The summed E-state index contributed by atoms with van der Waals surface area (Å²) in [5, 5.41) is 4.43. The van der Waals surface area contributed by atoms with Gasteiger partial charge in [0.15, 0.2) is 5.11 Å². The van der Waals surface area contributed by atoms with E-state index in [1.54, 1.807) is 0 Å². The van der Waals surface area contributed by atoms with Crippen molar-refractivity contribution in [2.24, 2.45) is 5.92 Å². The van der Waals surface area contributed by atoms with Crippen molar-refractivity contribution in [3.63, 3.8) is 0 Å². The zero-order chi connectivity index (χ0) is 16.6. The zero-order valence-electron chi connectivity index (χ0n) is 13.1. The van der Waals surface area contributed by atoms with Gasteiger partial charge in [-0.2, -0.15) is 0 Å². The Morgan fingerprint density at radius 1 is 1.48 bits per heavy atom. The summed E-state index contributed by atoms with van der Waals surface area (Å²) in [4.78, 5) is 14.1. The molecule has 1 atom stereocenters. The Balaban J connectivity index is 2.03. The molecule has 0 radical (unpaired) electrons. The molecule has 3 rings (SSSR count). The topological polar surface area (TPSA) is 41.6 Å². The van der Waals surface area contributed by atoms with Crippen LogP contribution in [0, 0.1) is 12.8 Å². The largest absolute Gasteiger partial charge is 0.464 e. The molecule has 4 nitrogen and oxygen atoms in total. The second kappa shape index (κ2) is 6.49. The third kappa shape index (κ3) is 3.21. The summed E-state index contributed by atoms with van der Waals surface area (Å²) in [5.41, 5.74) is 2.61. The molecule has 0 spiro atoms. The van der Waals surface area contributed by atoms with Gasteiger partial charge in [0.2, 0.25) is 0 Å². The molecule has 122 valence electrons. The van der Waals surface area contributed by atoms with Crippen LogP contribution in [-0.2, 0) is 9.53 Å². The Bertz CT molecular complexity index is 685. The molecule has 1 fully saturated rings. The van der Waals surface area contributed by atoms with Crippen LogP contribution in [0.5, 0.6) is 0 Å². The Morgan fingerprint density at radius 3 is 2.83 bits per heavy atom. The molecule has 1 unspecified atom stereocenters. The molecule has 1 N–H and O–H groups in total. The lowest BCUT2D eigenvalue weighted by molar-refractivity contribution is -0.137. The maximum atomic E-state index is 12.2. The molecule has 0 aromatic heterocycles. The van der Waals surface area contributed by atoms with Crippen molar-refractivity contribution in [3.8, 4) is 0 Å². The van der Waals surface area contributed by atoms with Crippen molar-refractivity contribution >= 4 is 34.9 Å². The molecular formula is C17H19ClN2O2S. The van der Waals surface area contributed by atoms with E-state index in [2.05, 4.69) is 11.4 Å². The van der Waals surface area contributed by atoms with Gasteiger partial charge in [-0.15, -0.1) is 0 Å². The third-order valence-electron chi connectivity index (χ3n) is 4.31. The molecule has 1 aromatic rings. The van der Waals surface area contributed by atoms with Crippen LogP contribution in [0.1, 0.15) is 30.0 Å². The van der Waals surface area contributed by atoms with Gasteiger partial charge in [-0.3, -0.25) is 0 Å². The van der Waals surface area contributed by atoms with E-state index < -0.39 is 0 Å². The van der Waals surface area contributed by atoms with Gasteiger partial charge in [-0.05, 0) is 61.2 Å². The van der Waals surface area contributed by atoms with Crippen molar-refractivity contribution in [3.05, 3.63) is 46.1 Å². The summed E-state index contributed by atoms with van der Waals surface area (Å²) in [7, 11) is 1.39. The zero-order valence-corrected chi connectivity index (χ0v) is 14.7. The number of methoxy groups -OCH3 is 1. The first-order valence-corrected chi connectivity index (χ1v) is 8.43. The lowest BCUT2D eigenvalue weighted by Gasteiger charge is -2.37. The number of esters is 1. The number of halogens is 1. The lowest BCUT2D eigenvalue weighted by atomic mass is 9.98. The molecule has 2 aliphatic rings. The van der Waals surface area contributed by atoms with E-state index in [9.17, 15) is 4.79 Å². The summed E-state index contributed by atoms with van der Waals surface area (Å²) in [6, 6.07) is 6.05. The second-order valence-corrected chi connectivity index (χ2v) is 6.72. The van der Waals surface area contributed by atoms with Crippen molar-refractivity contribution in [2.75, 3.05) is 13.7 Å². The number of rotatable bonds is 4. The van der Waals surface area contributed by atoms with Crippen LogP contribution in [0.25, 0.3) is 0 Å². The molecule has 0 bridgehead atoms. The minimum atomic E-state index is -0.363. The average molecular weight is 351 g/mol. The highest BCUT2D eigenvalue weighted by Gasteiger charge is 2.41. The van der Waals surface area contributed by atoms with Crippen LogP contribution >= 0.6 is 23.8 Å². The number of carbonyl (C=O) groups excluding carboxylic acids is 1. The van der Waals surface area contributed by atoms with E-state index in [1.807, 2.05) is 30.0 Å². The van der Waals surface area contributed by atoms with E-state index in [4.69, 9.17) is 28.6 Å². The third-order valence-corrected chi connectivity index (χ3v) is 5.05. The van der Waals surface area contributed by atoms with Crippen LogP contribution in [0.2, 0.25) is 5.02 Å². The number of aryl methyl sites for hydroxylation is 1. The van der Waals surface area contributed by atoms with E-state index in [-0.39, 0.29) is 12.0 Å². The van der Waals surface area contributed by atoms with Gasteiger partial charge in [0.05, 0.1) is 13.2 Å². The van der Waals surface area contributed by atoms with Crippen LogP contribution in [0.3, 0.4) is 0 Å². The number of nitrogens with zero attached hydrogens (tertiary/aromatic N) is 1. The van der Waals surface area contributed by atoms with E-state index in [0.717, 1.165) is 29.0 Å². The predicted molar refractivity (Wildman–Crippen MR) is 94.2 cm³/mol. The normalized spacial score (nSPS) is 19.0. The number of carbonyl (C=O) groups is 1. The second-order valence-electron chi connectivity index (χ2n) is 5.93. The number of benzene rings is 1. The fraction of sp³-hybridized carbons (Fsp3) is 0.412. The highest BCUT2D eigenvalue weighted by molar-refractivity contribution is 7.80. The van der Waals surface area contributed by atoms with Gasteiger partial charge >= 0.3 is 5.97 Å². The van der Waals surface area contributed by atoms with Crippen LogP contribution < -0.4 is 5.32 Å². The van der Waals surface area contributed by atoms with Crippen molar-refractivity contribution < 1.29 is 9.53 Å². The average Bonchev–Trinajstić information content (AvgIpc) is 3.36. The van der Waals surface area contributed by atoms with E-state index >= 15 is 0 Å². The maximum absolute atomic E-state index is 12.2. The molecule has 0 saturated heterocycles. The maximum Gasteiger partial charge on any atom is 0.354 e. The van der Waals surface area contributed by atoms with Gasteiger partial charge in [-0.25, -0.2) is 4.79 Å². The summed E-state index contributed by atoms with van der Waals surface area (Å²) in [6.07, 6.45) is 4.06. The summed E-state index contributed by atoms with van der Waals surface area (Å²) in [6.45, 7) is 2.51. The molecule has 1 heterocycles. The molecule has 23 heavy (non-hydrogen) atoms. The van der Waals surface area contributed by atoms with E-state index in [0.29, 0.717) is 23.3 Å². The summed E-state index contributed by atoms with van der Waals surface area (Å²) >= 11 is 11.8. The number of thiocarbonyl (C=S) groups is 1. The first-order chi connectivity index (χ1) is 11.0. The molecule has 1 aliphatic carbocycles. The molecule has 1 aromatic carbocycles. The molecule has 6 heteroatoms. The number of hydrogen-bond donors (Lipinski definition) is 1. The highest BCUT2D eigenvalue weighted by Crippen LogP contribution is 2.46. The Morgan fingerprint density at radius 2 is 2.22 bits per heavy atom. The molecule has 1 aliphatic heterocycles. The van der Waals surface area contributed by atoms with Gasteiger partial charge in [0.1, 0.15) is 5.70 Å². The fourth-order valence-corrected chi connectivity index (χ4v) is 3.41. The monoisotopic (exact) mass is 350 g/mol. The number of ether oxygens (including phenoxy) is 1. The fourth-order valence-electron chi connectivity index (χ4n) is 2.93. The quantitative estimate of drug-likeness (QED) is 0.666. The van der Waals surface area contributed by atoms with Crippen molar-refractivity contribution in [1.29, 1.82) is 0 Å². The Hall–Kier alpha value is -1.59. The minimum Gasteiger partial charge on any atom is -0.464 e. The van der Waals surface area contributed by atoms with Gasteiger partial charge in [0.25, 0.3) is 0 Å². The highest BCUT2D eigenvalue weighted by atomic mass is 35.5. The van der Waals surface area contributed by atoms with Crippen LogP contribution in [0.15, 0.2) is 30.0 Å². The summed E-state index contributed by atoms with van der Waals surface area (Å²) < 4.78 is 4.93. The Labute approximate surface area is 146 Å². The van der Waals surface area contributed by atoms with Crippen molar-refractivity contribution in [1.82, 2.24) is 10.2 Å². The minimum absolute atomic E-state index is 0.00116. The first-order valence-electron chi connectivity index (χ1n) is 7.64. The van der Waals surface area contributed by atoms with Crippen molar-refractivity contribution in [2.45, 2.75) is 25.8 Å². The molecular weight excluding hydrogens is 332 g/mol. The predicted octanol–water partition coefficient (Wildman–Crippen LogP) is 3.35. The SMILES string of the molecule is COC(=O)C1=CCNC(=S)N1C(c1ccc(C)c(Cl)c1)C1CC1. The van der Waals surface area contributed by atoms with Gasteiger partial charge < -0.3 is 15.0 Å².